The number of hydrogen-bond acceptors (Lipinski definition) is 3. The highest BCUT2D eigenvalue weighted by atomic mass is 19.3. The van der Waals surface area contributed by atoms with Gasteiger partial charge >= 0.3 is 6.03 Å². The number of carbonyl (C=O) groups excluding carboxylic acids is 3. The summed E-state index contributed by atoms with van der Waals surface area (Å²) in [6, 6.07) is -0.267. The molecule has 3 rings (SSSR count). The highest BCUT2D eigenvalue weighted by Crippen LogP contribution is 2.34. The van der Waals surface area contributed by atoms with Crippen LogP contribution in [0.15, 0.2) is 36.4 Å². The Balaban J connectivity index is 1.87. The Morgan fingerprint density at radius 1 is 0.606 bits per heavy atom. The third kappa shape index (κ3) is 5.12. The van der Waals surface area contributed by atoms with Crippen LogP contribution in [-0.2, 0) is 21.4 Å². The molecule has 1 saturated heterocycles. The fraction of sp³-hybridized carbons (Fsp3) is 0.250. The van der Waals surface area contributed by atoms with Gasteiger partial charge in [-0.05, 0) is 24.3 Å². The van der Waals surface area contributed by atoms with E-state index in [1.54, 1.807) is 0 Å². The van der Waals surface area contributed by atoms with E-state index < -0.39 is 83.6 Å². The van der Waals surface area contributed by atoms with Crippen LogP contribution in [0.3, 0.4) is 0 Å². The van der Waals surface area contributed by atoms with Gasteiger partial charge < -0.3 is 0 Å². The lowest BCUT2D eigenvalue weighted by molar-refractivity contribution is -0.149. The summed E-state index contributed by atoms with van der Waals surface area (Å²) in [5, 5.41) is 0. The Kier molecular flexibility index (Phi) is 6.18. The molecule has 0 atom stereocenters. The third-order valence-electron chi connectivity index (χ3n) is 4.65. The summed E-state index contributed by atoms with van der Waals surface area (Å²) in [4.78, 5) is 36.1. The second kappa shape index (κ2) is 8.45. The Morgan fingerprint density at radius 3 is 1.21 bits per heavy atom. The minimum atomic E-state index is -4.21. The molecule has 0 saturated carbocycles. The van der Waals surface area contributed by atoms with E-state index >= 15 is 0 Å². The van der Waals surface area contributed by atoms with Crippen molar-refractivity contribution in [1.29, 1.82) is 0 Å². The minimum Gasteiger partial charge on any atom is -0.274 e. The first-order valence-corrected chi connectivity index (χ1v) is 9.03. The summed E-state index contributed by atoms with van der Waals surface area (Å²) in [5.74, 6) is -16.8. The number of amides is 4. The molecule has 0 bridgehead atoms. The van der Waals surface area contributed by atoms with Crippen LogP contribution >= 0.6 is 0 Å². The smallest absolute Gasteiger partial charge is 0.274 e. The molecule has 13 heteroatoms. The number of urea groups is 1. The maximum Gasteiger partial charge on any atom is 0.333 e. The van der Waals surface area contributed by atoms with Gasteiger partial charge in [-0.25, -0.2) is 22.4 Å². The van der Waals surface area contributed by atoms with Crippen LogP contribution in [0.5, 0.6) is 0 Å². The van der Waals surface area contributed by atoms with Crippen molar-refractivity contribution >= 4 is 17.8 Å². The normalized spacial score (nSPS) is 15.5. The second-order valence-corrected chi connectivity index (χ2v) is 7.14. The predicted molar refractivity (Wildman–Crippen MR) is 93.9 cm³/mol. The van der Waals surface area contributed by atoms with Gasteiger partial charge in [0.15, 0.2) is 0 Å². The molecule has 4 amide bonds. The summed E-state index contributed by atoms with van der Waals surface area (Å²) < 4.78 is 111. The van der Waals surface area contributed by atoms with Gasteiger partial charge in [0.05, 0.1) is 13.1 Å². The predicted octanol–water partition coefficient (Wildman–Crippen LogP) is 4.31. The van der Waals surface area contributed by atoms with Crippen LogP contribution in [0.25, 0.3) is 0 Å². The van der Waals surface area contributed by atoms with Gasteiger partial charge in [0, 0.05) is 23.3 Å². The molecule has 1 aliphatic rings. The molecule has 2 aromatic carbocycles. The fourth-order valence-electron chi connectivity index (χ4n) is 3.10. The van der Waals surface area contributed by atoms with E-state index in [-0.39, 0.29) is 34.1 Å². The molecule has 0 N–H and O–H groups in total. The number of carbonyl (C=O) groups is 3. The Morgan fingerprint density at radius 2 is 0.909 bits per heavy atom. The van der Waals surface area contributed by atoms with E-state index in [2.05, 4.69) is 0 Å². The van der Waals surface area contributed by atoms with Crippen molar-refractivity contribution in [3.8, 4) is 0 Å². The van der Waals surface area contributed by atoms with Gasteiger partial charge in [0.25, 0.3) is 11.8 Å². The van der Waals surface area contributed by atoms with Crippen LogP contribution in [-0.4, -0.2) is 40.7 Å². The van der Waals surface area contributed by atoms with Crippen LogP contribution in [0, 0.1) is 23.3 Å². The van der Waals surface area contributed by atoms with Crippen molar-refractivity contribution < 1.29 is 49.5 Å². The van der Waals surface area contributed by atoms with Gasteiger partial charge in [-0.15, -0.1) is 0 Å². The first-order chi connectivity index (χ1) is 15.2. The van der Waals surface area contributed by atoms with Crippen molar-refractivity contribution in [3.05, 3.63) is 70.8 Å². The van der Waals surface area contributed by atoms with E-state index in [9.17, 15) is 49.5 Å². The van der Waals surface area contributed by atoms with Gasteiger partial charge in [0.1, 0.15) is 29.7 Å². The number of nitrogens with zero attached hydrogens (tertiary/aromatic N) is 2. The third-order valence-corrected chi connectivity index (χ3v) is 4.65. The van der Waals surface area contributed by atoms with Crippen molar-refractivity contribution in [2.24, 2.45) is 0 Å². The van der Waals surface area contributed by atoms with Crippen molar-refractivity contribution in [2.45, 2.75) is 18.3 Å². The van der Waals surface area contributed by atoms with Crippen molar-refractivity contribution in [2.75, 3.05) is 13.1 Å². The number of benzene rings is 2. The van der Waals surface area contributed by atoms with Crippen LogP contribution in [0.4, 0.5) is 39.9 Å². The van der Waals surface area contributed by atoms with Gasteiger partial charge in [0.2, 0.25) is 11.8 Å². The summed E-state index contributed by atoms with van der Waals surface area (Å²) in [6.45, 7) is -3.62. The van der Waals surface area contributed by atoms with E-state index in [4.69, 9.17) is 0 Å². The Hall–Kier alpha value is -3.51. The lowest BCUT2D eigenvalue weighted by atomic mass is 10.1. The molecule has 176 valence electrons. The largest absolute Gasteiger partial charge is 0.333 e. The molecule has 1 aliphatic heterocycles. The lowest BCUT2D eigenvalue weighted by Crippen LogP contribution is -2.59. The van der Waals surface area contributed by atoms with Crippen LogP contribution in [0.2, 0.25) is 0 Å². The Bertz CT molecular complexity index is 1010. The molecule has 0 aliphatic carbocycles. The average molecular weight is 480 g/mol. The molecule has 0 unspecified atom stereocenters. The zero-order valence-corrected chi connectivity index (χ0v) is 16.2. The maximum absolute atomic E-state index is 14.5. The SMILES string of the molecule is O=C1CC(=O)N(CC(F)(F)c2cc(F)cc(F)c2)C(=O)N1CC(F)(F)c1cc(F)cc(F)c1. The number of imide groups is 2. The standard InChI is InChI=1S/C20H12F8N2O3/c21-12-1-10(2-13(22)5-12)19(25,26)8-29-16(31)7-17(32)30(18(29)33)9-20(27,28)11-3-14(23)6-15(24)4-11/h1-6H,7-9H2. The summed E-state index contributed by atoms with van der Waals surface area (Å²) in [7, 11) is 0. The zero-order chi connectivity index (χ0) is 24.7. The molecular formula is C20H12F8N2O3. The zero-order valence-electron chi connectivity index (χ0n) is 16.2. The number of halogens is 8. The fourth-order valence-corrected chi connectivity index (χ4v) is 3.10. The molecule has 2 aromatic rings. The van der Waals surface area contributed by atoms with E-state index in [1.807, 2.05) is 0 Å². The average Bonchev–Trinajstić information content (AvgIpc) is 2.67. The monoisotopic (exact) mass is 480 g/mol. The molecule has 1 fully saturated rings. The van der Waals surface area contributed by atoms with Crippen LogP contribution in [0.1, 0.15) is 17.5 Å². The lowest BCUT2D eigenvalue weighted by Gasteiger charge is -2.36. The van der Waals surface area contributed by atoms with E-state index in [1.165, 1.54) is 0 Å². The number of hydrogen-bond donors (Lipinski definition) is 0. The molecule has 0 spiro atoms. The summed E-state index contributed by atoms with van der Waals surface area (Å²) in [5.41, 5.74) is -2.49. The summed E-state index contributed by atoms with van der Waals surface area (Å²) >= 11 is 0. The minimum absolute atomic E-state index is 0.216. The molecule has 5 nitrogen and oxygen atoms in total. The highest BCUT2D eigenvalue weighted by Gasteiger charge is 2.48. The van der Waals surface area contributed by atoms with Crippen molar-refractivity contribution in [3.63, 3.8) is 0 Å². The van der Waals surface area contributed by atoms with Gasteiger partial charge in [-0.3, -0.25) is 19.4 Å². The number of barbiturate groups is 1. The first-order valence-electron chi connectivity index (χ1n) is 9.03. The van der Waals surface area contributed by atoms with Crippen LogP contribution < -0.4 is 0 Å². The van der Waals surface area contributed by atoms with E-state index in [0.29, 0.717) is 12.1 Å². The molecule has 0 radical (unpaired) electrons. The number of rotatable bonds is 6. The maximum atomic E-state index is 14.5. The number of alkyl halides is 4. The van der Waals surface area contributed by atoms with Gasteiger partial charge in [-0.1, -0.05) is 0 Å². The molecule has 33 heavy (non-hydrogen) atoms. The quantitative estimate of drug-likeness (QED) is 0.458. The van der Waals surface area contributed by atoms with Gasteiger partial charge in [-0.2, -0.15) is 17.6 Å². The highest BCUT2D eigenvalue weighted by molar-refractivity contribution is 6.14. The summed E-state index contributed by atoms with van der Waals surface area (Å²) in [6.07, 6.45) is -1.24. The molecular weight excluding hydrogens is 468 g/mol. The molecule has 0 aromatic heterocycles. The van der Waals surface area contributed by atoms with Crippen molar-refractivity contribution in [1.82, 2.24) is 9.80 Å². The first kappa shape index (κ1) is 24.1. The topological polar surface area (TPSA) is 57.7 Å². The second-order valence-electron chi connectivity index (χ2n) is 7.14. The Labute approximate surface area is 180 Å². The van der Waals surface area contributed by atoms with E-state index in [0.717, 1.165) is 0 Å². The molecule has 1 heterocycles.